The number of benzene rings is 2. The van der Waals surface area contributed by atoms with E-state index in [1.165, 1.54) is 13.2 Å². The van der Waals surface area contributed by atoms with Gasteiger partial charge in [-0.15, -0.1) is 0 Å². The van der Waals surface area contributed by atoms with E-state index in [4.69, 9.17) is 16.3 Å². The number of carbonyl (C=O) groups is 2. The van der Waals surface area contributed by atoms with E-state index in [9.17, 15) is 14.4 Å². The van der Waals surface area contributed by atoms with Crippen molar-refractivity contribution in [2.75, 3.05) is 12.4 Å². The highest BCUT2D eigenvalue weighted by molar-refractivity contribution is 6.31. The van der Waals surface area contributed by atoms with Crippen LogP contribution in [0.1, 0.15) is 32.7 Å². The van der Waals surface area contributed by atoms with Gasteiger partial charge in [0.05, 0.1) is 25.6 Å². The largest absolute Gasteiger partial charge is 0.469 e. The number of esters is 1. The van der Waals surface area contributed by atoms with Crippen LogP contribution in [0.15, 0.2) is 83.9 Å². The van der Waals surface area contributed by atoms with Crippen LogP contribution in [0, 0.1) is 0 Å². The van der Waals surface area contributed by atoms with Crippen LogP contribution in [0.3, 0.4) is 0 Å². The lowest BCUT2D eigenvalue weighted by atomic mass is 10.0. The Morgan fingerprint density at radius 2 is 1.82 bits per heavy atom. The first-order chi connectivity index (χ1) is 18.9. The molecular weight excluding hydrogens is 518 g/mol. The van der Waals surface area contributed by atoms with Crippen LogP contribution in [0.2, 0.25) is 5.02 Å². The van der Waals surface area contributed by atoms with Gasteiger partial charge in [-0.25, -0.2) is 4.98 Å². The number of carbonyl (C=O) groups excluding carboxylic acids is 2. The number of fused-ring (bicyclic) bond motifs is 1. The molecule has 0 aliphatic heterocycles. The van der Waals surface area contributed by atoms with Crippen molar-refractivity contribution in [3.63, 3.8) is 0 Å². The van der Waals surface area contributed by atoms with Gasteiger partial charge in [0, 0.05) is 34.4 Å². The van der Waals surface area contributed by atoms with E-state index in [1.807, 2.05) is 36.4 Å². The number of amides is 1. The Labute approximate surface area is 228 Å². The minimum Gasteiger partial charge on any atom is -0.469 e. The third-order valence-corrected chi connectivity index (χ3v) is 6.48. The molecule has 39 heavy (non-hydrogen) atoms. The zero-order valence-corrected chi connectivity index (χ0v) is 21.7. The Kier molecular flexibility index (Phi) is 7.51. The molecule has 0 saturated heterocycles. The average Bonchev–Trinajstić information content (AvgIpc) is 3.35. The van der Waals surface area contributed by atoms with E-state index in [-0.39, 0.29) is 23.5 Å². The average molecular weight is 542 g/mol. The topological polar surface area (TPSA) is 119 Å². The van der Waals surface area contributed by atoms with E-state index in [1.54, 1.807) is 41.2 Å². The van der Waals surface area contributed by atoms with Gasteiger partial charge in [-0.05, 0) is 53.4 Å². The Morgan fingerprint density at radius 3 is 2.59 bits per heavy atom. The summed E-state index contributed by atoms with van der Waals surface area (Å²) >= 11 is 6.10. The molecule has 9 nitrogen and oxygen atoms in total. The number of halogens is 1. The standard InChI is InChI=1S/C29H24ClN5O4/c1-39-26(37)14-21-13-20(12-18-5-7-19(8-6-18)17-35-11-3-2-4-25(35)36)16-31-28(21)32-29(38)27-23-15-22(30)9-10-24(23)33-34-27/h2-11,13,15-16H,12,14,17H2,1H3,(H,33,34)(H,31,32,38). The monoisotopic (exact) mass is 541 g/mol. The molecule has 5 aromatic rings. The summed E-state index contributed by atoms with van der Waals surface area (Å²) in [5.74, 6) is -0.694. The summed E-state index contributed by atoms with van der Waals surface area (Å²) in [5.41, 5.74) is 4.19. The maximum absolute atomic E-state index is 13.1. The maximum atomic E-state index is 13.1. The number of pyridine rings is 2. The lowest BCUT2D eigenvalue weighted by Crippen LogP contribution is -2.18. The maximum Gasteiger partial charge on any atom is 0.310 e. The molecule has 3 heterocycles. The van der Waals surface area contributed by atoms with Crippen LogP contribution in [0.5, 0.6) is 0 Å². The molecule has 0 bridgehead atoms. The predicted molar refractivity (Wildman–Crippen MR) is 148 cm³/mol. The summed E-state index contributed by atoms with van der Waals surface area (Å²) in [7, 11) is 1.31. The van der Waals surface area contributed by atoms with Gasteiger partial charge >= 0.3 is 5.97 Å². The fourth-order valence-corrected chi connectivity index (χ4v) is 4.42. The molecule has 10 heteroatoms. The Morgan fingerprint density at radius 1 is 1.03 bits per heavy atom. The normalized spacial score (nSPS) is 10.9. The van der Waals surface area contributed by atoms with Crippen molar-refractivity contribution in [1.82, 2.24) is 19.7 Å². The fraction of sp³-hybridized carbons (Fsp3) is 0.138. The number of hydrogen-bond donors (Lipinski definition) is 2. The van der Waals surface area contributed by atoms with Gasteiger partial charge in [0.25, 0.3) is 11.5 Å². The van der Waals surface area contributed by atoms with Crippen molar-refractivity contribution in [3.8, 4) is 0 Å². The van der Waals surface area contributed by atoms with Crippen molar-refractivity contribution in [2.45, 2.75) is 19.4 Å². The van der Waals surface area contributed by atoms with Gasteiger partial charge in [-0.1, -0.05) is 41.9 Å². The smallest absolute Gasteiger partial charge is 0.310 e. The molecule has 0 aliphatic rings. The fourth-order valence-electron chi connectivity index (χ4n) is 4.24. The highest BCUT2D eigenvalue weighted by Gasteiger charge is 2.18. The SMILES string of the molecule is COC(=O)Cc1cc(Cc2ccc(Cn3ccccc3=O)cc2)cnc1NC(=O)c1n[nH]c2ccc(Cl)cc12. The Bertz CT molecular complexity index is 1730. The lowest BCUT2D eigenvalue weighted by molar-refractivity contribution is -0.139. The summed E-state index contributed by atoms with van der Waals surface area (Å²) in [6.45, 7) is 0.483. The van der Waals surface area contributed by atoms with Crippen molar-refractivity contribution in [1.29, 1.82) is 0 Å². The molecule has 0 radical (unpaired) electrons. The number of hydrogen-bond acceptors (Lipinski definition) is 6. The number of methoxy groups -OCH3 is 1. The molecule has 1 amide bonds. The summed E-state index contributed by atoms with van der Waals surface area (Å²) in [4.78, 5) is 41.6. The second-order valence-electron chi connectivity index (χ2n) is 8.98. The van der Waals surface area contributed by atoms with E-state index < -0.39 is 11.9 Å². The summed E-state index contributed by atoms with van der Waals surface area (Å²) in [5, 5.41) is 10.8. The van der Waals surface area contributed by atoms with Gasteiger partial charge in [-0.2, -0.15) is 5.10 Å². The van der Waals surface area contributed by atoms with Crippen LogP contribution >= 0.6 is 11.6 Å². The number of nitrogens with zero attached hydrogens (tertiary/aromatic N) is 3. The molecular formula is C29H24ClN5O4. The summed E-state index contributed by atoms with van der Waals surface area (Å²) < 4.78 is 6.49. The number of aromatic amines is 1. The van der Waals surface area contributed by atoms with Gasteiger partial charge in [-0.3, -0.25) is 19.5 Å². The van der Waals surface area contributed by atoms with Gasteiger partial charge in [0.1, 0.15) is 5.82 Å². The third kappa shape index (κ3) is 6.05. The second kappa shape index (κ2) is 11.3. The molecule has 196 valence electrons. The zero-order valence-electron chi connectivity index (χ0n) is 21.0. The minimum absolute atomic E-state index is 0.0535. The van der Waals surface area contributed by atoms with Gasteiger partial charge < -0.3 is 14.6 Å². The van der Waals surface area contributed by atoms with Gasteiger partial charge in [0.2, 0.25) is 0 Å². The van der Waals surface area contributed by atoms with Crippen molar-refractivity contribution in [3.05, 3.63) is 122 Å². The molecule has 2 aromatic carbocycles. The van der Waals surface area contributed by atoms with Crippen molar-refractivity contribution in [2.24, 2.45) is 0 Å². The molecule has 0 aliphatic carbocycles. The quantitative estimate of drug-likeness (QED) is 0.281. The summed E-state index contributed by atoms with van der Waals surface area (Å²) in [6, 6.07) is 20.0. The first kappa shape index (κ1) is 25.9. The second-order valence-corrected chi connectivity index (χ2v) is 9.42. The van der Waals surface area contributed by atoms with Crippen LogP contribution in [-0.2, 0) is 28.9 Å². The molecule has 0 fully saturated rings. The first-order valence-corrected chi connectivity index (χ1v) is 12.5. The van der Waals surface area contributed by atoms with Gasteiger partial charge in [0.15, 0.2) is 5.69 Å². The first-order valence-electron chi connectivity index (χ1n) is 12.1. The van der Waals surface area contributed by atoms with E-state index in [0.29, 0.717) is 34.5 Å². The number of H-pyrrole nitrogens is 1. The zero-order chi connectivity index (χ0) is 27.4. The molecule has 2 N–H and O–H groups in total. The van der Waals surface area contributed by atoms with Crippen molar-refractivity contribution < 1.29 is 14.3 Å². The molecule has 0 atom stereocenters. The number of aromatic nitrogens is 4. The Hall–Kier alpha value is -4.76. The Balaban J connectivity index is 1.35. The number of ether oxygens (including phenoxy) is 1. The van der Waals surface area contributed by atoms with Crippen molar-refractivity contribution >= 4 is 40.2 Å². The molecule has 5 rings (SSSR count). The third-order valence-electron chi connectivity index (χ3n) is 6.24. The lowest BCUT2D eigenvalue weighted by Gasteiger charge is -2.12. The molecule has 0 unspecified atom stereocenters. The molecule has 0 spiro atoms. The van der Waals surface area contributed by atoms with E-state index in [0.717, 1.165) is 16.7 Å². The summed E-state index contributed by atoms with van der Waals surface area (Å²) in [6.07, 6.45) is 3.91. The van der Waals surface area contributed by atoms with E-state index in [2.05, 4.69) is 20.5 Å². The van der Waals surface area contributed by atoms with Crippen LogP contribution in [-0.4, -0.2) is 38.7 Å². The van der Waals surface area contributed by atoms with Crippen LogP contribution in [0.25, 0.3) is 10.9 Å². The highest BCUT2D eigenvalue weighted by Crippen LogP contribution is 2.23. The predicted octanol–water partition coefficient (Wildman–Crippen LogP) is 4.38. The minimum atomic E-state index is -0.483. The molecule has 3 aromatic heterocycles. The molecule has 0 saturated carbocycles. The van der Waals surface area contributed by atoms with Crippen LogP contribution < -0.4 is 10.9 Å². The number of nitrogens with one attached hydrogen (secondary N) is 2. The van der Waals surface area contributed by atoms with Crippen LogP contribution in [0.4, 0.5) is 5.82 Å². The van der Waals surface area contributed by atoms with E-state index >= 15 is 0 Å². The highest BCUT2D eigenvalue weighted by atomic mass is 35.5. The number of anilines is 1. The number of rotatable bonds is 8.